The number of aromatic hydroxyl groups is 8. The van der Waals surface area contributed by atoms with Gasteiger partial charge in [-0.05, 0) is 241 Å². The molecule has 4 aromatic rings. The molecule has 1 fully saturated rings. The molecular formula is C76H114O8. The number of benzene rings is 4. The van der Waals surface area contributed by atoms with Crippen molar-refractivity contribution >= 4 is 0 Å². The molecule has 8 heteroatoms. The molecule has 4 aliphatic rings. The molecule has 0 aliphatic heterocycles. The number of allylic oxidation sites excluding steroid dienone is 6. The quantitative estimate of drug-likeness (QED) is 0.0457. The average Bonchev–Trinajstić information content (AvgIpc) is 3.46. The van der Waals surface area contributed by atoms with E-state index < -0.39 is 0 Å². The Morgan fingerprint density at radius 3 is 1.21 bits per heavy atom. The van der Waals surface area contributed by atoms with Crippen LogP contribution in [0.5, 0.6) is 46.0 Å². The van der Waals surface area contributed by atoms with Crippen LogP contribution >= 0.6 is 0 Å². The minimum atomic E-state index is -0.0446. The van der Waals surface area contributed by atoms with Crippen molar-refractivity contribution in [2.75, 3.05) is 0 Å². The van der Waals surface area contributed by atoms with Crippen LogP contribution in [0.25, 0.3) is 0 Å². The van der Waals surface area contributed by atoms with E-state index in [1.165, 1.54) is 55.2 Å². The first-order valence-corrected chi connectivity index (χ1v) is 32.5. The lowest BCUT2D eigenvalue weighted by atomic mass is 9.67. The predicted octanol–water partition coefficient (Wildman–Crippen LogP) is 21.0. The largest absolute Gasteiger partial charge is 0.508 e. The first kappa shape index (κ1) is 69.3. The molecule has 0 saturated heterocycles. The highest BCUT2D eigenvalue weighted by molar-refractivity contribution is 5.54. The first-order valence-electron chi connectivity index (χ1n) is 32.5. The van der Waals surface area contributed by atoms with Crippen molar-refractivity contribution in [1.29, 1.82) is 0 Å². The Kier molecular flexibility index (Phi) is 25.3. The van der Waals surface area contributed by atoms with Gasteiger partial charge in [-0.2, -0.15) is 0 Å². The molecule has 8 N–H and O–H groups in total. The SMILES string of the molecule is CC1=CC(c2c(O)cc(C)cc2O)C(C(C)C)CC1.CC1=CCC(C(C)C)C(c2c(O)cc(C)cc2O)C1.CCCCCCC(C)(C)c1cc(O)c(C2C=C(C)CCC2C(C)C)c(O)c1.Cc1cc(O)c(C2C[C@H](C)CCC2C(C)C)c(O)c1. The number of aryl methyl sites for hydroxylation is 3. The summed E-state index contributed by atoms with van der Waals surface area (Å²) in [5, 5.41) is 83.2. The van der Waals surface area contributed by atoms with E-state index >= 15 is 0 Å². The maximum Gasteiger partial charge on any atom is 0.123 e. The van der Waals surface area contributed by atoms with E-state index in [-0.39, 0.29) is 75.1 Å². The van der Waals surface area contributed by atoms with Gasteiger partial charge >= 0.3 is 0 Å². The van der Waals surface area contributed by atoms with Gasteiger partial charge in [0.15, 0.2) is 0 Å². The van der Waals surface area contributed by atoms with Crippen molar-refractivity contribution in [3.63, 3.8) is 0 Å². The number of phenols is 8. The van der Waals surface area contributed by atoms with Gasteiger partial charge in [-0.15, -0.1) is 0 Å². The number of hydrogen-bond donors (Lipinski definition) is 8. The van der Waals surface area contributed by atoms with Crippen LogP contribution < -0.4 is 0 Å². The zero-order chi connectivity index (χ0) is 62.7. The minimum absolute atomic E-state index is 0.0446. The maximum absolute atomic E-state index is 10.9. The topological polar surface area (TPSA) is 162 Å². The second-order valence-corrected chi connectivity index (χ2v) is 28.7. The Morgan fingerprint density at radius 2 is 0.821 bits per heavy atom. The van der Waals surface area contributed by atoms with Gasteiger partial charge in [-0.25, -0.2) is 0 Å². The van der Waals surface area contributed by atoms with Crippen LogP contribution in [0.2, 0.25) is 0 Å². The Morgan fingerprint density at radius 1 is 0.440 bits per heavy atom. The highest BCUT2D eigenvalue weighted by Gasteiger charge is 2.37. The van der Waals surface area contributed by atoms with Crippen LogP contribution in [0.15, 0.2) is 83.5 Å². The molecule has 9 atom stereocenters. The number of rotatable bonds is 14. The molecule has 1 saturated carbocycles. The van der Waals surface area contributed by atoms with Crippen molar-refractivity contribution in [2.24, 2.45) is 53.3 Å². The molecule has 84 heavy (non-hydrogen) atoms. The lowest BCUT2D eigenvalue weighted by molar-refractivity contribution is 0.192. The van der Waals surface area contributed by atoms with Crippen molar-refractivity contribution in [1.82, 2.24) is 0 Å². The lowest BCUT2D eigenvalue weighted by Gasteiger charge is -2.38. The summed E-state index contributed by atoms with van der Waals surface area (Å²) in [6.45, 7) is 38.9. The van der Waals surface area contributed by atoms with Crippen LogP contribution in [0.3, 0.4) is 0 Å². The summed E-state index contributed by atoms with van der Waals surface area (Å²) in [5.74, 6) is 7.48. The molecule has 4 aliphatic carbocycles. The molecule has 0 amide bonds. The van der Waals surface area contributed by atoms with E-state index in [9.17, 15) is 40.9 Å². The Bertz CT molecular complexity index is 2780. The van der Waals surface area contributed by atoms with E-state index in [0.29, 0.717) is 58.8 Å². The summed E-state index contributed by atoms with van der Waals surface area (Å²) in [6.07, 6.45) is 22.7. The fraction of sp³-hybridized carbons (Fsp3) is 0.605. The van der Waals surface area contributed by atoms with Gasteiger partial charge in [0.1, 0.15) is 46.0 Å². The zero-order valence-corrected chi connectivity index (χ0v) is 55.3. The Labute approximate surface area is 509 Å². The smallest absolute Gasteiger partial charge is 0.123 e. The van der Waals surface area contributed by atoms with Gasteiger partial charge in [0.25, 0.3) is 0 Å². The maximum atomic E-state index is 10.9. The van der Waals surface area contributed by atoms with Gasteiger partial charge < -0.3 is 40.9 Å². The molecule has 0 spiro atoms. The standard InChI is InChI=1S/C25H40O2.C17H26O2.2C17H24O2/c1-7-8-9-10-13-25(5,6)19-15-22(26)24(23(27)16-19)21-14-18(4)11-12-20(21)17(2)3;3*1-10(2)13-6-5-11(3)7-14(13)17-15(18)8-12(4)9-16(17)19/h14-17,20-21,26-27H,7-13H2,1-6H3;8-11,13-14,18-19H,5-7H2,1-4H3;7-10,13-14,18-19H,5-6H2,1-4H3;5,8-10,13-14,18-19H,6-7H2,1-4H3/t;11-,13?,14?;;/m.1../s1. The van der Waals surface area contributed by atoms with Crippen LogP contribution in [-0.4, -0.2) is 40.9 Å². The van der Waals surface area contributed by atoms with Gasteiger partial charge in [0.05, 0.1) is 0 Å². The van der Waals surface area contributed by atoms with Gasteiger partial charge in [-0.3, -0.25) is 0 Å². The number of phenolic OH excluding ortho intramolecular Hbond substituents is 8. The van der Waals surface area contributed by atoms with Crippen LogP contribution in [0.4, 0.5) is 0 Å². The fourth-order valence-electron chi connectivity index (χ4n) is 14.8. The third-order valence-corrected chi connectivity index (χ3v) is 19.8. The van der Waals surface area contributed by atoms with Crippen molar-refractivity contribution in [3.05, 3.63) is 128 Å². The third-order valence-electron chi connectivity index (χ3n) is 19.8. The molecule has 4 aromatic carbocycles. The monoisotopic (exact) mass is 1150 g/mol. The molecular weight excluding hydrogens is 1040 g/mol. The Balaban J connectivity index is 0.000000207. The second-order valence-electron chi connectivity index (χ2n) is 28.7. The normalized spacial score (nSPS) is 23.6. The summed E-state index contributed by atoms with van der Waals surface area (Å²) in [7, 11) is 0. The van der Waals surface area contributed by atoms with Gasteiger partial charge in [0, 0.05) is 34.1 Å². The van der Waals surface area contributed by atoms with E-state index in [1.54, 1.807) is 36.4 Å². The van der Waals surface area contributed by atoms with Crippen LogP contribution in [0, 0.1) is 74.0 Å². The molecule has 466 valence electrons. The van der Waals surface area contributed by atoms with E-state index in [4.69, 9.17) is 0 Å². The number of unbranched alkanes of at least 4 members (excludes halogenated alkanes) is 3. The summed E-state index contributed by atoms with van der Waals surface area (Å²) >= 11 is 0. The molecule has 8 unspecified atom stereocenters. The van der Waals surface area contributed by atoms with Gasteiger partial charge in [-0.1, -0.05) is 150 Å². The summed E-state index contributed by atoms with van der Waals surface area (Å²) in [5.41, 5.74) is 10.7. The van der Waals surface area contributed by atoms with Crippen LogP contribution in [0.1, 0.15) is 262 Å². The molecule has 0 heterocycles. The lowest BCUT2D eigenvalue weighted by Crippen LogP contribution is -2.26. The molecule has 0 radical (unpaired) electrons. The minimum Gasteiger partial charge on any atom is -0.508 e. The van der Waals surface area contributed by atoms with E-state index in [1.807, 2.05) is 32.9 Å². The molecule has 8 nitrogen and oxygen atoms in total. The predicted molar refractivity (Wildman–Crippen MR) is 351 cm³/mol. The van der Waals surface area contributed by atoms with Crippen molar-refractivity contribution in [3.8, 4) is 46.0 Å². The summed E-state index contributed by atoms with van der Waals surface area (Å²) < 4.78 is 0. The Hall–Kier alpha value is -5.50. The zero-order valence-electron chi connectivity index (χ0n) is 55.3. The number of hydrogen-bond acceptors (Lipinski definition) is 8. The van der Waals surface area contributed by atoms with Crippen LogP contribution in [-0.2, 0) is 5.41 Å². The molecule has 0 aromatic heterocycles. The highest BCUT2D eigenvalue weighted by Crippen LogP contribution is 2.52. The van der Waals surface area contributed by atoms with E-state index in [0.717, 1.165) is 90.3 Å². The first-order chi connectivity index (χ1) is 39.4. The van der Waals surface area contributed by atoms with E-state index in [2.05, 4.69) is 122 Å². The van der Waals surface area contributed by atoms with Crippen molar-refractivity contribution < 1.29 is 40.9 Å². The highest BCUT2D eigenvalue weighted by atomic mass is 16.3. The van der Waals surface area contributed by atoms with Crippen molar-refractivity contribution in [2.45, 2.75) is 244 Å². The third kappa shape index (κ3) is 18.0. The average molecular weight is 1160 g/mol. The molecule has 8 rings (SSSR count). The summed E-state index contributed by atoms with van der Waals surface area (Å²) in [6, 6.07) is 14.3. The van der Waals surface area contributed by atoms with Gasteiger partial charge in [0.2, 0.25) is 0 Å². The fourth-order valence-corrected chi connectivity index (χ4v) is 14.8. The second kappa shape index (κ2) is 30.7. The summed E-state index contributed by atoms with van der Waals surface area (Å²) in [4.78, 5) is 0. The molecule has 0 bridgehead atoms.